The molecule has 10 heteroatoms. The number of halogens is 5. The van der Waals surface area contributed by atoms with Gasteiger partial charge in [-0.25, -0.2) is 13.6 Å². The predicted octanol–water partition coefficient (Wildman–Crippen LogP) is 6.84. The van der Waals surface area contributed by atoms with Crippen molar-refractivity contribution in [3.63, 3.8) is 0 Å². The van der Waals surface area contributed by atoms with Crippen molar-refractivity contribution < 1.29 is 36.6 Å². The fourth-order valence-corrected chi connectivity index (χ4v) is 4.25. The number of hydrogen-bond acceptors (Lipinski definition) is 2. The Morgan fingerprint density at radius 3 is 2.27 bits per heavy atom. The Bertz CT molecular complexity index is 1460. The van der Waals surface area contributed by atoms with Gasteiger partial charge in [0.15, 0.2) is 0 Å². The maximum Gasteiger partial charge on any atom is 0.416 e. The lowest BCUT2D eigenvalue weighted by Crippen LogP contribution is -2.30. The van der Waals surface area contributed by atoms with Crippen LogP contribution in [0.2, 0.25) is 0 Å². The minimum atomic E-state index is -4.59. The van der Waals surface area contributed by atoms with Crippen molar-refractivity contribution >= 4 is 22.8 Å². The number of para-hydroxylation sites is 1. The van der Waals surface area contributed by atoms with Crippen molar-refractivity contribution in [2.75, 3.05) is 0 Å². The average Bonchev–Trinajstić information content (AvgIpc) is 3.18. The number of nitrogens with one attached hydrogen (secondary N) is 1. The fourth-order valence-electron chi connectivity index (χ4n) is 4.25. The third-order valence-electron chi connectivity index (χ3n) is 6.04. The smallest absolute Gasteiger partial charge is 0.416 e. The number of carbonyl (C=O) groups excluding carboxylic acids is 1. The molecule has 37 heavy (non-hydrogen) atoms. The van der Waals surface area contributed by atoms with Crippen molar-refractivity contribution in [1.29, 1.82) is 0 Å². The highest BCUT2D eigenvalue weighted by Crippen LogP contribution is 2.35. The lowest BCUT2D eigenvalue weighted by atomic mass is 10.1. The van der Waals surface area contributed by atoms with Gasteiger partial charge in [0, 0.05) is 17.4 Å². The summed E-state index contributed by atoms with van der Waals surface area (Å²) in [6.45, 7) is 1.36. The summed E-state index contributed by atoms with van der Waals surface area (Å²) in [7, 11) is 0. The molecule has 1 atom stereocenters. The van der Waals surface area contributed by atoms with E-state index >= 15 is 0 Å². The molecule has 0 saturated heterocycles. The molecule has 1 amide bonds. The van der Waals surface area contributed by atoms with Gasteiger partial charge in [-0.3, -0.25) is 4.79 Å². The highest BCUT2D eigenvalue weighted by molar-refractivity contribution is 6.02. The highest BCUT2D eigenvalue weighted by atomic mass is 19.4. The number of alkyl halides is 5. The SMILES string of the molecule is C[C@H](NC(=O)c1c(C(F)F)c2ccccc2n1Cc1cccc(C(F)(F)F)c1)c1ccc(C(=O)O)cc1. The molecule has 0 bridgehead atoms. The summed E-state index contributed by atoms with van der Waals surface area (Å²) in [6, 6.07) is 15.6. The third kappa shape index (κ3) is 5.32. The highest BCUT2D eigenvalue weighted by Gasteiger charge is 2.32. The van der Waals surface area contributed by atoms with Gasteiger partial charge >= 0.3 is 12.1 Å². The monoisotopic (exact) mass is 516 g/mol. The number of nitrogens with zero attached hydrogens (tertiary/aromatic N) is 1. The van der Waals surface area contributed by atoms with Gasteiger partial charge in [-0.15, -0.1) is 0 Å². The van der Waals surface area contributed by atoms with Gasteiger partial charge in [-0.1, -0.05) is 42.5 Å². The molecule has 0 unspecified atom stereocenters. The number of amides is 1. The van der Waals surface area contributed by atoms with Crippen LogP contribution >= 0.6 is 0 Å². The van der Waals surface area contributed by atoms with Gasteiger partial charge in [0.1, 0.15) is 5.69 Å². The fraction of sp³-hybridized carbons (Fsp3) is 0.185. The van der Waals surface area contributed by atoms with Crippen LogP contribution in [0.25, 0.3) is 10.9 Å². The van der Waals surface area contributed by atoms with E-state index in [2.05, 4.69) is 5.32 Å². The number of benzene rings is 3. The zero-order valence-electron chi connectivity index (χ0n) is 19.4. The van der Waals surface area contributed by atoms with Crippen LogP contribution in [0.5, 0.6) is 0 Å². The molecule has 0 spiro atoms. The van der Waals surface area contributed by atoms with Crippen LogP contribution in [0.1, 0.15) is 62.5 Å². The summed E-state index contributed by atoms with van der Waals surface area (Å²) in [4.78, 5) is 24.5. The Balaban J connectivity index is 1.77. The molecule has 4 aromatic rings. The second-order valence-electron chi connectivity index (χ2n) is 8.49. The Morgan fingerprint density at radius 1 is 0.973 bits per heavy atom. The van der Waals surface area contributed by atoms with E-state index in [1.807, 2.05) is 0 Å². The van der Waals surface area contributed by atoms with Crippen molar-refractivity contribution in [1.82, 2.24) is 9.88 Å². The molecule has 3 aromatic carbocycles. The summed E-state index contributed by atoms with van der Waals surface area (Å²) in [5, 5.41) is 11.8. The Hall–Kier alpha value is -4.21. The molecule has 2 N–H and O–H groups in total. The zero-order valence-corrected chi connectivity index (χ0v) is 19.4. The lowest BCUT2D eigenvalue weighted by molar-refractivity contribution is -0.137. The predicted molar refractivity (Wildman–Crippen MR) is 127 cm³/mol. The Labute approximate surface area is 208 Å². The minimum absolute atomic E-state index is 0.0449. The van der Waals surface area contributed by atoms with Gasteiger partial charge < -0.3 is 15.0 Å². The van der Waals surface area contributed by atoms with E-state index < -0.39 is 41.6 Å². The van der Waals surface area contributed by atoms with Gasteiger partial charge in [-0.2, -0.15) is 13.2 Å². The van der Waals surface area contributed by atoms with Crippen molar-refractivity contribution in [2.24, 2.45) is 0 Å². The minimum Gasteiger partial charge on any atom is -0.478 e. The number of aromatic carboxylic acids is 1. The summed E-state index contributed by atoms with van der Waals surface area (Å²) in [5.74, 6) is -1.96. The van der Waals surface area contributed by atoms with Gasteiger partial charge in [-0.05, 0) is 48.4 Å². The van der Waals surface area contributed by atoms with Crippen LogP contribution in [0.15, 0.2) is 72.8 Å². The second-order valence-corrected chi connectivity index (χ2v) is 8.49. The average molecular weight is 516 g/mol. The van der Waals surface area contributed by atoms with E-state index in [1.54, 1.807) is 13.0 Å². The number of carboxylic acid groups (broad SMARTS) is 1. The molecule has 1 aromatic heterocycles. The third-order valence-corrected chi connectivity index (χ3v) is 6.04. The summed E-state index contributed by atoms with van der Waals surface area (Å²) in [5.41, 5.74) is -0.723. The molecule has 0 fully saturated rings. The van der Waals surface area contributed by atoms with Crippen molar-refractivity contribution in [3.8, 4) is 0 Å². The van der Waals surface area contributed by atoms with E-state index in [-0.39, 0.29) is 34.3 Å². The molecular formula is C27H21F5N2O3. The second kappa shape index (κ2) is 10.0. The van der Waals surface area contributed by atoms with Crippen LogP contribution in [0.3, 0.4) is 0 Å². The summed E-state index contributed by atoms with van der Waals surface area (Å²) < 4.78 is 69.6. The zero-order chi connectivity index (χ0) is 26.9. The van der Waals surface area contributed by atoms with Crippen LogP contribution < -0.4 is 5.32 Å². The quantitative estimate of drug-likeness (QED) is 0.265. The Kier molecular flexibility index (Phi) is 7.02. The van der Waals surface area contributed by atoms with Crippen LogP contribution in [0.4, 0.5) is 22.0 Å². The summed E-state index contributed by atoms with van der Waals surface area (Å²) in [6.07, 6.45) is -7.62. The van der Waals surface area contributed by atoms with Crippen LogP contribution in [-0.2, 0) is 12.7 Å². The first-order valence-corrected chi connectivity index (χ1v) is 11.2. The van der Waals surface area contributed by atoms with E-state index in [0.29, 0.717) is 5.56 Å². The maximum atomic E-state index is 14.3. The molecule has 5 nitrogen and oxygen atoms in total. The van der Waals surface area contributed by atoms with Gasteiger partial charge in [0.2, 0.25) is 0 Å². The largest absolute Gasteiger partial charge is 0.478 e. The number of fused-ring (bicyclic) bond motifs is 1. The number of hydrogen-bond donors (Lipinski definition) is 2. The van der Waals surface area contributed by atoms with Gasteiger partial charge in [0.05, 0.1) is 22.7 Å². The molecule has 0 aliphatic heterocycles. The Morgan fingerprint density at radius 2 is 1.65 bits per heavy atom. The lowest BCUT2D eigenvalue weighted by Gasteiger charge is -2.18. The normalized spacial score (nSPS) is 12.6. The van der Waals surface area contributed by atoms with E-state index in [1.165, 1.54) is 59.2 Å². The number of carbonyl (C=O) groups is 2. The molecule has 0 saturated carbocycles. The molecule has 192 valence electrons. The first-order valence-electron chi connectivity index (χ1n) is 11.2. The number of rotatable bonds is 7. The van der Waals surface area contributed by atoms with Gasteiger partial charge in [0.25, 0.3) is 12.3 Å². The number of aromatic nitrogens is 1. The van der Waals surface area contributed by atoms with Crippen LogP contribution in [-0.4, -0.2) is 21.6 Å². The molecule has 0 radical (unpaired) electrons. The van der Waals surface area contributed by atoms with E-state index in [0.717, 1.165) is 12.1 Å². The first kappa shape index (κ1) is 25.9. The molecule has 4 rings (SSSR count). The maximum absolute atomic E-state index is 14.3. The van der Waals surface area contributed by atoms with Crippen molar-refractivity contribution in [3.05, 3.63) is 106 Å². The van der Waals surface area contributed by atoms with E-state index in [4.69, 9.17) is 5.11 Å². The summed E-state index contributed by atoms with van der Waals surface area (Å²) >= 11 is 0. The van der Waals surface area contributed by atoms with E-state index in [9.17, 15) is 31.5 Å². The topological polar surface area (TPSA) is 71.3 Å². The molecule has 0 aliphatic carbocycles. The van der Waals surface area contributed by atoms with Crippen LogP contribution in [0, 0.1) is 0 Å². The molecular weight excluding hydrogens is 495 g/mol. The molecule has 1 heterocycles. The molecule has 0 aliphatic rings. The standard InChI is InChI=1S/C27H21F5N2O3/c1-15(17-9-11-18(12-10-17)26(36)37)33-25(35)23-22(24(28)29)20-7-2-3-8-21(20)34(23)14-16-5-4-6-19(13-16)27(30,31)32/h2-13,15,24H,14H2,1H3,(H,33,35)(H,36,37)/t15-/m0/s1. The first-order chi connectivity index (χ1) is 17.5. The number of carboxylic acids is 1. The van der Waals surface area contributed by atoms with Crippen molar-refractivity contribution in [2.45, 2.75) is 32.1 Å².